The molecule has 0 heterocycles. The summed E-state index contributed by atoms with van der Waals surface area (Å²) >= 11 is 0. The van der Waals surface area contributed by atoms with Crippen LogP contribution in [0.4, 0.5) is 0 Å². The number of hydrogen-bond donors (Lipinski definition) is 1. The monoisotopic (exact) mass is 251 g/mol. The standard InChI is InChI=1S/C15H25NO2/c1-5-17-9-13(4)18-10-15(16)14-7-6-11(2)12(3)8-14/h6-8,13,15H,5,9-10,16H2,1-4H3. The van der Waals surface area contributed by atoms with Gasteiger partial charge in [-0.2, -0.15) is 0 Å². The molecule has 0 aliphatic rings. The fourth-order valence-corrected chi connectivity index (χ4v) is 1.69. The minimum absolute atomic E-state index is 0.0756. The average molecular weight is 251 g/mol. The van der Waals surface area contributed by atoms with E-state index in [1.54, 1.807) is 0 Å². The van der Waals surface area contributed by atoms with E-state index in [2.05, 4.69) is 32.0 Å². The van der Waals surface area contributed by atoms with Crippen LogP contribution < -0.4 is 5.73 Å². The topological polar surface area (TPSA) is 44.5 Å². The predicted molar refractivity (Wildman–Crippen MR) is 74.8 cm³/mol. The van der Waals surface area contributed by atoms with E-state index in [9.17, 15) is 0 Å². The normalized spacial score (nSPS) is 14.5. The molecule has 18 heavy (non-hydrogen) atoms. The molecule has 3 heteroatoms. The molecule has 1 rings (SSSR count). The summed E-state index contributed by atoms with van der Waals surface area (Å²) in [6.45, 7) is 10.1. The third-order valence-electron chi connectivity index (χ3n) is 3.08. The van der Waals surface area contributed by atoms with Gasteiger partial charge in [0, 0.05) is 6.61 Å². The van der Waals surface area contributed by atoms with Crippen molar-refractivity contribution in [1.29, 1.82) is 0 Å². The number of benzene rings is 1. The first-order chi connectivity index (χ1) is 8.54. The molecule has 0 radical (unpaired) electrons. The Kier molecular flexibility index (Phi) is 6.33. The average Bonchev–Trinajstić information content (AvgIpc) is 2.36. The summed E-state index contributed by atoms with van der Waals surface area (Å²) < 4.78 is 11.0. The molecular weight excluding hydrogens is 226 g/mol. The summed E-state index contributed by atoms with van der Waals surface area (Å²) in [7, 11) is 0. The Balaban J connectivity index is 2.44. The van der Waals surface area contributed by atoms with Crippen molar-refractivity contribution in [2.24, 2.45) is 5.73 Å². The van der Waals surface area contributed by atoms with Crippen LogP contribution in [0.1, 0.15) is 36.6 Å². The maximum Gasteiger partial charge on any atom is 0.0781 e. The van der Waals surface area contributed by atoms with E-state index in [1.807, 2.05) is 13.8 Å². The molecular formula is C15H25NO2. The Labute approximate surface area is 110 Å². The van der Waals surface area contributed by atoms with Crippen LogP contribution in [0.25, 0.3) is 0 Å². The van der Waals surface area contributed by atoms with Crippen LogP contribution in [0, 0.1) is 13.8 Å². The molecule has 3 nitrogen and oxygen atoms in total. The third kappa shape index (κ3) is 4.77. The molecule has 0 bridgehead atoms. The molecule has 2 unspecified atom stereocenters. The van der Waals surface area contributed by atoms with Crippen molar-refractivity contribution in [1.82, 2.24) is 0 Å². The highest BCUT2D eigenvalue weighted by molar-refractivity contribution is 5.31. The maximum atomic E-state index is 6.13. The van der Waals surface area contributed by atoms with Crippen LogP contribution in [0.5, 0.6) is 0 Å². The van der Waals surface area contributed by atoms with Crippen LogP contribution in [0.3, 0.4) is 0 Å². The molecule has 0 aliphatic heterocycles. The van der Waals surface area contributed by atoms with Gasteiger partial charge in [-0.05, 0) is 44.4 Å². The lowest BCUT2D eigenvalue weighted by Crippen LogP contribution is -2.23. The number of hydrogen-bond acceptors (Lipinski definition) is 3. The highest BCUT2D eigenvalue weighted by atomic mass is 16.5. The van der Waals surface area contributed by atoms with Crippen molar-refractivity contribution >= 4 is 0 Å². The molecule has 1 aromatic carbocycles. The Hall–Kier alpha value is -0.900. The minimum Gasteiger partial charge on any atom is -0.379 e. The van der Waals surface area contributed by atoms with E-state index >= 15 is 0 Å². The van der Waals surface area contributed by atoms with Gasteiger partial charge in [-0.25, -0.2) is 0 Å². The van der Waals surface area contributed by atoms with Gasteiger partial charge in [0.15, 0.2) is 0 Å². The summed E-state index contributed by atoms with van der Waals surface area (Å²) in [5.74, 6) is 0. The number of nitrogens with two attached hydrogens (primary N) is 1. The number of aryl methyl sites for hydroxylation is 2. The van der Waals surface area contributed by atoms with E-state index in [4.69, 9.17) is 15.2 Å². The second-order valence-corrected chi connectivity index (χ2v) is 4.75. The second-order valence-electron chi connectivity index (χ2n) is 4.75. The van der Waals surface area contributed by atoms with Crippen LogP contribution in [-0.2, 0) is 9.47 Å². The lowest BCUT2D eigenvalue weighted by atomic mass is 10.0. The van der Waals surface area contributed by atoms with Crippen molar-refractivity contribution in [3.05, 3.63) is 34.9 Å². The first-order valence-corrected chi connectivity index (χ1v) is 6.56. The van der Waals surface area contributed by atoms with Gasteiger partial charge < -0.3 is 15.2 Å². The van der Waals surface area contributed by atoms with Gasteiger partial charge in [-0.15, -0.1) is 0 Å². The van der Waals surface area contributed by atoms with Gasteiger partial charge in [0.05, 0.1) is 25.4 Å². The molecule has 102 valence electrons. The zero-order valence-corrected chi connectivity index (χ0v) is 11.9. The van der Waals surface area contributed by atoms with Gasteiger partial charge in [0.1, 0.15) is 0 Å². The van der Waals surface area contributed by atoms with Gasteiger partial charge in [-0.1, -0.05) is 18.2 Å². The van der Waals surface area contributed by atoms with Gasteiger partial charge in [-0.3, -0.25) is 0 Å². The Morgan fingerprint density at radius 1 is 1.17 bits per heavy atom. The van der Waals surface area contributed by atoms with Crippen molar-refractivity contribution in [3.8, 4) is 0 Å². The molecule has 0 aromatic heterocycles. The molecule has 0 saturated carbocycles. The van der Waals surface area contributed by atoms with Gasteiger partial charge >= 0.3 is 0 Å². The highest BCUT2D eigenvalue weighted by Gasteiger charge is 2.10. The Morgan fingerprint density at radius 2 is 1.89 bits per heavy atom. The number of rotatable bonds is 7. The summed E-state index contributed by atoms with van der Waals surface area (Å²) in [6.07, 6.45) is 0.0857. The molecule has 0 saturated heterocycles. The first-order valence-electron chi connectivity index (χ1n) is 6.56. The van der Waals surface area contributed by atoms with Crippen molar-refractivity contribution < 1.29 is 9.47 Å². The summed E-state index contributed by atoms with van der Waals surface area (Å²) in [5, 5.41) is 0. The molecule has 0 spiro atoms. The van der Waals surface area contributed by atoms with E-state index in [0.717, 1.165) is 12.2 Å². The first kappa shape index (κ1) is 15.2. The fourth-order valence-electron chi connectivity index (χ4n) is 1.69. The van der Waals surface area contributed by atoms with Gasteiger partial charge in [0.25, 0.3) is 0 Å². The van der Waals surface area contributed by atoms with Crippen LogP contribution in [-0.4, -0.2) is 25.9 Å². The quantitative estimate of drug-likeness (QED) is 0.810. The van der Waals surface area contributed by atoms with Crippen LogP contribution in [0.2, 0.25) is 0 Å². The van der Waals surface area contributed by atoms with E-state index in [-0.39, 0.29) is 12.1 Å². The van der Waals surface area contributed by atoms with E-state index in [1.165, 1.54) is 11.1 Å². The highest BCUT2D eigenvalue weighted by Crippen LogP contribution is 2.16. The third-order valence-corrected chi connectivity index (χ3v) is 3.08. The predicted octanol–water partition coefficient (Wildman–Crippen LogP) is 2.74. The van der Waals surface area contributed by atoms with Gasteiger partial charge in [0.2, 0.25) is 0 Å². The maximum absolute atomic E-state index is 6.13. The summed E-state index contributed by atoms with van der Waals surface area (Å²) in [6, 6.07) is 6.24. The fraction of sp³-hybridized carbons (Fsp3) is 0.600. The smallest absolute Gasteiger partial charge is 0.0781 e. The minimum atomic E-state index is -0.0756. The summed E-state index contributed by atoms with van der Waals surface area (Å²) in [5.41, 5.74) is 9.81. The molecule has 0 amide bonds. The molecule has 2 N–H and O–H groups in total. The zero-order chi connectivity index (χ0) is 13.5. The van der Waals surface area contributed by atoms with E-state index in [0.29, 0.717) is 13.2 Å². The Bertz CT molecular complexity index is 366. The lowest BCUT2D eigenvalue weighted by molar-refractivity contribution is -0.00835. The number of ether oxygens (including phenoxy) is 2. The van der Waals surface area contributed by atoms with Crippen molar-refractivity contribution in [2.45, 2.75) is 39.8 Å². The van der Waals surface area contributed by atoms with E-state index < -0.39 is 0 Å². The lowest BCUT2D eigenvalue weighted by Gasteiger charge is -2.18. The molecule has 1 aromatic rings. The molecule has 2 atom stereocenters. The summed E-state index contributed by atoms with van der Waals surface area (Å²) in [4.78, 5) is 0. The van der Waals surface area contributed by atoms with Crippen molar-refractivity contribution in [2.75, 3.05) is 19.8 Å². The largest absolute Gasteiger partial charge is 0.379 e. The second kappa shape index (κ2) is 7.52. The molecule has 0 fully saturated rings. The SMILES string of the molecule is CCOCC(C)OCC(N)c1ccc(C)c(C)c1. The Morgan fingerprint density at radius 3 is 2.50 bits per heavy atom. The zero-order valence-electron chi connectivity index (χ0n) is 11.9. The van der Waals surface area contributed by atoms with Crippen LogP contribution in [0.15, 0.2) is 18.2 Å². The molecule has 0 aliphatic carbocycles. The van der Waals surface area contributed by atoms with Crippen LogP contribution >= 0.6 is 0 Å². The van der Waals surface area contributed by atoms with Crippen molar-refractivity contribution in [3.63, 3.8) is 0 Å².